The second kappa shape index (κ2) is 6.21. The number of hydroxylamine groups is 3. The number of benzene rings is 1. The van der Waals surface area contributed by atoms with Crippen LogP contribution in [0.4, 0.5) is 0 Å². The number of hydrogen-bond donors (Lipinski definition) is 1. The van der Waals surface area contributed by atoms with Crippen molar-refractivity contribution in [3.8, 4) is 11.5 Å². The molecule has 1 saturated heterocycles. The van der Waals surface area contributed by atoms with E-state index in [0.717, 1.165) is 36.8 Å². The van der Waals surface area contributed by atoms with Gasteiger partial charge in [0.15, 0.2) is 23.4 Å². The van der Waals surface area contributed by atoms with Crippen molar-refractivity contribution in [3.63, 3.8) is 0 Å². The molecule has 2 unspecified atom stereocenters. The second-order valence-electron chi connectivity index (χ2n) is 10.2. The SMILES string of the molecule is CCCCO[C@@]12CCC(=O)C3Oc4c(O)ccc5c4[C@@]31CC[N+]([O-])(CC1CC1)[C@@H]2C5. The van der Waals surface area contributed by atoms with Crippen LogP contribution in [-0.4, -0.2) is 53.0 Å². The monoisotopic (exact) mass is 413 g/mol. The predicted molar refractivity (Wildman–Crippen MR) is 110 cm³/mol. The molecule has 2 aliphatic heterocycles. The first-order valence-corrected chi connectivity index (χ1v) is 11.7. The van der Waals surface area contributed by atoms with E-state index >= 15 is 0 Å². The molecule has 6 nitrogen and oxygen atoms in total. The summed E-state index contributed by atoms with van der Waals surface area (Å²) in [5.41, 5.74) is 0.694. The van der Waals surface area contributed by atoms with E-state index < -0.39 is 17.1 Å². The van der Waals surface area contributed by atoms with Gasteiger partial charge in [0.1, 0.15) is 11.6 Å². The van der Waals surface area contributed by atoms with Crippen LogP contribution in [0.3, 0.4) is 0 Å². The number of phenols is 1. The molecule has 5 aliphatic rings. The van der Waals surface area contributed by atoms with Gasteiger partial charge in [-0.25, -0.2) is 0 Å². The number of carbonyl (C=O) groups excluding carboxylic acids is 1. The molecule has 3 aliphatic carbocycles. The largest absolute Gasteiger partial charge is 0.632 e. The third-order valence-corrected chi connectivity index (χ3v) is 8.67. The van der Waals surface area contributed by atoms with E-state index in [0.29, 0.717) is 57.0 Å². The molecule has 1 N–H and O–H groups in total. The van der Waals surface area contributed by atoms with Crippen molar-refractivity contribution in [2.24, 2.45) is 5.92 Å². The number of phenolic OH excluding ortho intramolecular Hbond substituents is 1. The Kier molecular flexibility index (Phi) is 3.95. The minimum atomic E-state index is -0.693. The molecule has 162 valence electrons. The van der Waals surface area contributed by atoms with Gasteiger partial charge in [-0.1, -0.05) is 19.4 Å². The molecule has 0 aromatic heterocycles. The van der Waals surface area contributed by atoms with Crippen molar-refractivity contribution in [2.75, 3.05) is 19.7 Å². The number of carbonyl (C=O) groups is 1. The van der Waals surface area contributed by atoms with E-state index in [-0.39, 0.29) is 22.2 Å². The van der Waals surface area contributed by atoms with Crippen molar-refractivity contribution in [3.05, 3.63) is 28.5 Å². The van der Waals surface area contributed by atoms with Gasteiger partial charge in [-0.15, -0.1) is 0 Å². The minimum Gasteiger partial charge on any atom is -0.632 e. The molecule has 5 atom stereocenters. The van der Waals surface area contributed by atoms with Crippen LogP contribution in [0.5, 0.6) is 11.5 Å². The van der Waals surface area contributed by atoms with Crippen molar-refractivity contribution in [1.82, 2.24) is 0 Å². The number of rotatable bonds is 6. The molecule has 1 aromatic carbocycles. The highest BCUT2D eigenvalue weighted by Gasteiger charge is 2.77. The van der Waals surface area contributed by atoms with E-state index in [2.05, 4.69) is 6.92 Å². The fourth-order valence-corrected chi connectivity index (χ4v) is 7.20. The molecule has 30 heavy (non-hydrogen) atoms. The molecular formula is C24H31NO5. The quantitative estimate of drug-likeness (QED) is 0.440. The first-order chi connectivity index (χ1) is 14.5. The van der Waals surface area contributed by atoms with E-state index in [1.807, 2.05) is 6.07 Å². The maximum Gasteiger partial charge on any atom is 0.174 e. The number of nitrogens with zero attached hydrogens (tertiary/aromatic N) is 1. The van der Waals surface area contributed by atoms with Crippen LogP contribution in [0, 0.1) is 11.1 Å². The molecular weight excluding hydrogens is 382 g/mol. The van der Waals surface area contributed by atoms with E-state index in [1.165, 1.54) is 0 Å². The normalized spacial score (nSPS) is 40.8. The summed E-state index contributed by atoms with van der Waals surface area (Å²) in [5.74, 6) is 1.17. The lowest BCUT2D eigenvalue weighted by atomic mass is 9.48. The fourth-order valence-electron chi connectivity index (χ4n) is 7.20. The zero-order valence-electron chi connectivity index (χ0n) is 17.7. The summed E-state index contributed by atoms with van der Waals surface area (Å²) < 4.78 is 12.8. The molecule has 0 amide bonds. The number of hydrogen-bond acceptors (Lipinski definition) is 5. The Morgan fingerprint density at radius 1 is 1.33 bits per heavy atom. The average Bonchev–Trinajstić information content (AvgIpc) is 3.45. The first-order valence-electron chi connectivity index (χ1n) is 11.7. The maximum absolute atomic E-state index is 14.4. The molecule has 3 fully saturated rings. The number of unbranched alkanes of at least 4 members (excludes halogenated alkanes) is 1. The lowest BCUT2D eigenvalue weighted by Crippen LogP contribution is -2.81. The maximum atomic E-state index is 14.4. The Balaban J connectivity index is 1.57. The zero-order chi connectivity index (χ0) is 20.7. The number of piperidine rings is 1. The van der Waals surface area contributed by atoms with Gasteiger partial charge in [-0.3, -0.25) is 4.79 Å². The summed E-state index contributed by atoms with van der Waals surface area (Å²) in [6.07, 6.45) is 5.81. The van der Waals surface area contributed by atoms with Gasteiger partial charge < -0.3 is 24.4 Å². The summed E-state index contributed by atoms with van der Waals surface area (Å²) in [4.78, 5) is 13.1. The molecule has 6 rings (SSSR count). The number of quaternary nitrogens is 1. The summed E-state index contributed by atoms with van der Waals surface area (Å²) in [6.45, 7) is 3.91. The third kappa shape index (κ3) is 2.22. The Labute approximate surface area is 177 Å². The Bertz CT molecular complexity index is 913. The predicted octanol–water partition coefficient (Wildman–Crippen LogP) is 3.36. The lowest BCUT2D eigenvalue weighted by molar-refractivity contribution is -0.924. The highest BCUT2D eigenvalue weighted by molar-refractivity contribution is 5.90. The average molecular weight is 414 g/mol. The van der Waals surface area contributed by atoms with E-state index in [4.69, 9.17) is 9.47 Å². The number of ether oxygens (including phenoxy) is 2. The van der Waals surface area contributed by atoms with Gasteiger partial charge >= 0.3 is 0 Å². The van der Waals surface area contributed by atoms with Gasteiger partial charge in [0.05, 0.1) is 18.5 Å². The number of ketones is 1. The van der Waals surface area contributed by atoms with Crippen LogP contribution >= 0.6 is 0 Å². The van der Waals surface area contributed by atoms with Crippen LogP contribution in [0.2, 0.25) is 0 Å². The standard InChI is InChI=1S/C24H31NO5/c1-2-3-12-29-24-9-8-18(27)22-23(24)10-11-25(28,14-15-4-5-15)19(24)13-16-6-7-17(26)21(30-22)20(16)23/h6-7,15,19,22,26H,2-5,8-14H2,1H3/t19-,22?,23+,24-,25?/m1/s1. The fraction of sp³-hybridized carbons (Fsp3) is 0.708. The van der Waals surface area contributed by atoms with Crippen LogP contribution in [0.1, 0.15) is 63.0 Å². The van der Waals surface area contributed by atoms with Gasteiger partial charge in [0, 0.05) is 37.4 Å². The zero-order valence-corrected chi connectivity index (χ0v) is 17.7. The Morgan fingerprint density at radius 2 is 2.17 bits per heavy atom. The Hall–Kier alpha value is -1.63. The highest BCUT2D eigenvalue weighted by atomic mass is 16.6. The van der Waals surface area contributed by atoms with Gasteiger partial charge in [-0.2, -0.15) is 0 Å². The summed E-state index contributed by atoms with van der Waals surface area (Å²) in [6, 6.07) is 3.38. The van der Waals surface area contributed by atoms with Gasteiger partial charge in [-0.05, 0) is 37.3 Å². The van der Waals surface area contributed by atoms with Crippen LogP contribution < -0.4 is 4.74 Å². The smallest absolute Gasteiger partial charge is 0.174 e. The summed E-state index contributed by atoms with van der Waals surface area (Å²) in [7, 11) is 0. The van der Waals surface area contributed by atoms with E-state index in [1.54, 1.807) is 6.07 Å². The molecule has 1 spiro atoms. The molecule has 1 aromatic rings. The van der Waals surface area contributed by atoms with Crippen molar-refractivity contribution < 1.29 is 24.0 Å². The topological polar surface area (TPSA) is 78.8 Å². The molecule has 0 radical (unpaired) electrons. The van der Waals surface area contributed by atoms with Crippen LogP contribution in [0.15, 0.2) is 12.1 Å². The van der Waals surface area contributed by atoms with E-state index in [9.17, 15) is 15.1 Å². The Morgan fingerprint density at radius 3 is 2.93 bits per heavy atom. The van der Waals surface area contributed by atoms with Crippen molar-refractivity contribution in [1.29, 1.82) is 0 Å². The lowest BCUT2D eigenvalue weighted by Gasteiger charge is -2.68. The van der Waals surface area contributed by atoms with Gasteiger partial charge in [0.2, 0.25) is 0 Å². The van der Waals surface area contributed by atoms with Crippen molar-refractivity contribution >= 4 is 5.78 Å². The number of likely N-dealkylation sites (tertiary alicyclic amines) is 1. The van der Waals surface area contributed by atoms with Crippen LogP contribution in [0.25, 0.3) is 0 Å². The summed E-state index contributed by atoms with van der Waals surface area (Å²) in [5, 5.41) is 24.9. The number of Topliss-reactive ketones (excluding diaryl/α,β-unsaturated/α-hetero) is 1. The molecule has 2 saturated carbocycles. The molecule has 2 heterocycles. The second-order valence-corrected chi connectivity index (χ2v) is 10.2. The minimum absolute atomic E-state index is 0.0833. The third-order valence-electron chi connectivity index (χ3n) is 8.67. The van der Waals surface area contributed by atoms with Crippen molar-refractivity contribution in [2.45, 2.75) is 81.5 Å². The highest BCUT2D eigenvalue weighted by Crippen LogP contribution is 2.67. The van der Waals surface area contributed by atoms with Crippen LogP contribution in [-0.2, 0) is 21.4 Å². The summed E-state index contributed by atoms with van der Waals surface area (Å²) >= 11 is 0. The molecule has 6 heteroatoms. The first kappa shape index (κ1) is 19.1. The van der Waals surface area contributed by atoms with Gasteiger partial charge in [0.25, 0.3) is 0 Å². The number of aromatic hydroxyl groups is 1. The molecule has 2 bridgehead atoms.